The zero-order valence-corrected chi connectivity index (χ0v) is 13.0. The lowest BCUT2D eigenvalue weighted by molar-refractivity contribution is 0.501. The van der Waals surface area contributed by atoms with Crippen molar-refractivity contribution in [2.45, 2.75) is 32.9 Å². The highest BCUT2D eigenvalue weighted by atomic mass is 16.3. The zero-order valence-electron chi connectivity index (χ0n) is 13.0. The number of guanidine groups is 1. The lowest BCUT2D eigenvalue weighted by Crippen LogP contribution is -2.47. The lowest BCUT2D eigenvalue weighted by Gasteiger charge is -2.23. The molecule has 0 saturated carbocycles. The SMILES string of the molecule is CN=C(NCc1coc(-c2ccccc2)n1)NC(C)(C)C. The first-order valence-corrected chi connectivity index (χ1v) is 6.96. The van der Waals surface area contributed by atoms with Gasteiger partial charge in [0.15, 0.2) is 5.96 Å². The summed E-state index contributed by atoms with van der Waals surface area (Å²) in [4.78, 5) is 8.66. The number of aromatic nitrogens is 1. The van der Waals surface area contributed by atoms with Gasteiger partial charge in [-0.3, -0.25) is 4.99 Å². The van der Waals surface area contributed by atoms with E-state index in [1.165, 1.54) is 0 Å². The Morgan fingerprint density at radius 1 is 1.24 bits per heavy atom. The topological polar surface area (TPSA) is 62.5 Å². The molecule has 5 heteroatoms. The van der Waals surface area contributed by atoms with Crippen LogP contribution in [0.2, 0.25) is 0 Å². The maximum Gasteiger partial charge on any atom is 0.226 e. The minimum atomic E-state index is -0.0408. The molecule has 0 aliphatic rings. The van der Waals surface area contributed by atoms with Crippen LogP contribution in [0.5, 0.6) is 0 Å². The van der Waals surface area contributed by atoms with Crippen molar-refractivity contribution in [2.75, 3.05) is 7.05 Å². The highest BCUT2D eigenvalue weighted by Crippen LogP contribution is 2.17. The van der Waals surface area contributed by atoms with E-state index in [1.807, 2.05) is 30.3 Å². The summed E-state index contributed by atoms with van der Waals surface area (Å²) in [5.41, 5.74) is 1.77. The summed E-state index contributed by atoms with van der Waals surface area (Å²) < 4.78 is 5.51. The van der Waals surface area contributed by atoms with E-state index in [9.17, 15) is 0 Å². The summed E-state index contributed by atoms with van der Waals surface area (Å²) in [6.07, 6.45) is 1.67. The summed E-state index contributed by atoms with van der Waals surface area (Å²) in [5.74, 6) is 1.37. The Kier molecular flexibility index (Phi) is 4.62. The van der Waals surface area contributed by atoms with Crippen LogP contribution >= 0.6 is 0 Å². The third-order valence-electron chi connectivity index (χ3n) is 2.73. The standard InChI is InChI=1S/C16H22N4O/c1-16(2,3)20-15(17-4)18-10-13-11-21-14(19-13)12-8-6-5-7-9-12/h5-9,11H,10H2,1-4H3,(H2,17,18,20). The molecule has 0 unspecified atom stereocenters. The third kappa shape index (κ3) is 4.63. The Bertz CT molecular complexity index is 596. The van der Waals surface area contributed by atoms with Crippen molar-refractivity contribution in [2.24, 2.45) is 4.99 Å². The number of aliphatic imine (C=N–C) groups is 1. The Hall–Kier alpha value is -2.30. The van der Waals surface area contributed by atoms with Gasteiger partial charge >= 0.3 is 0 Å². The maximum absolute atomic E-state index is 5.51. The summed E-state index contributed by atoms with van der Waals surface area (Å²) in [5, 5.41) is 6.52. The molecule has 2 aromatic rings. The van der Waals surface area contributed by atoms with Crippen molar-refractivity contribution in [3.8, 4) is 11.5 Å². The van der Waals surface area contributed by atoms with Gasteiger partial charge in [-0.1, -0.05) is 18.2 Å². The number of oxazole rings is 1. The van der Waals surface area contributed by atoms with Crippen molar-refractivity contribution in [1.82, 2.24) is 15.6 Å². The highest BCUT2D eigenvalue weighted by Gasteiger charge is 2.12. The van der Waals surface area contributed by atoms with Gasteiger partial charge in [-0.2, -0.15) is 0 Å². The number of hydrogen-bond donors (Lipinski definition) is 2. The maximum atomic E-state index is 5.51. The number of rotatable bonds is 3. The lowest BCUT2D eigenvalue weighted by atomic mass is 10.1. The van der Waals surface area contributed by atoms with Crippen LogP contribution in [0.1, 0.15) is 26.5 Å². The Morgan fingerprint density at radius 3 is 2.57 bits per heavy atom. The van der Waals surface area contributed by atoms with Gasteiger partial charge in [-0.25, -0.2) is 4.98 Å². The van der Waals surface area contributed by atoms with E-state index in [0.29, 0.717) is 12.4 Å². The van der Waals surface area contributed by atoms with Crippen LogP contribution in [0.15, 0.2) is 46.0 Å². The van der Waals surface area contributed by atoms with Crippen LogP contribution in [0.3, 0.4) is 0 Å². The molecule has 0 amide bonds. The number of benzene rings is 1. The predicted octanol–water partition coefficient (Wildman–Crippen LogP) is 2.81. The second-order valence-electron chi connectivity index (χ2n) is 5.81. The first-order valence-electron chi connectivity index (χ1n) is 6.96. The van der Waals surface area contributed by atoms with Crippen molar-refractivity contribution in [3.63, 3.8) is 0 Å². The van der Waals surface area contributed by atoms with Crippen LogP contribution < -0.4 is 10.6 Å². The molecule has 5 nitrogen and oxygen atoms in total. The molecule has 0 spiro atoms. The molecule has 21 heavy (non-hydrogen) atoms. The molecule has 2 rings (SSSR count). The van der Waals surface area contributed by atoms with Crippen molar-refractivity contribution in [3.05, 3.63) is 42.3 Å². The molecule has 0 aliphatic carbocycles. The quantitative estimate of drug-likeness (QED) is 0.673. The molecule has 1 aromatic heterocycles. The van der Waals surface area contributed by atoms with E-state index in [-0.39, 0.29) is 5.54 Å². The van der Waals surface area contributed by atoms with Gasteiger partial charge in [-0.05, 0) is 32.9 Å². The van der Waals surface area contributed by atoms with Crippen molar-refractivity contribution >= 4 is 5.96 Å². The summed E-state index contributed by atoms with van der Waals surface area (Å²) in [6.45, 7) is 6.82. The second kappa shape index (κ2) is 6.43. The molecule has 1 heterocycles. The highest BCUT2D eigenvalue weighted by molar-refractivity contribution is 5.80. The average molecular weight is 286 g/mol. The second-order valence-corrected chi connectivity index (χ2v) is 5.81. The van der Waals surface area contributed by atoms with Gasteiger partial charge < -0.3 is 15.1 Å². The fourth-order valence-corrected chi connectivity index (χ4v) is 1.81. The van der Waals surface area contributed by atoms with Crippen LogP contribution in [-0.4, -0.2) is 23.5 Å². The molecule has 0 fully saturated rings. The van der Waals surface area contributed by atoms with E-state index in [2.05, 4.69) is 41.4 Å². The molecule has 0 radical (unpaired) electrons. The minimum absolute atomic E-state index is 0.0408. The van der Waals surface area contributed by atoms with Gasteiger partial charge in [0, 0.05) is 18.2 Å². The molecule has 0 aliphatic heterocycles. The zero-order chi connectivity index (χ0) is 15.3. The Morgan fingerprint density at radius 2 is 1.95 bits per heavy atom. The van der Waals surface area contributed by atoms with Gasteiger partial charge in [0.1, 0.15) is 6.26 Å². The van der Waals surface area contributed by atoms with Crippen LogP contribution in [0.25, 0.3) is 11.5 Å². The molecule has 112 valence electrons. The molecule has 0 atom stereocenters. The molecule has 2 N–H and O–H groups in total. The molecule has 1 aromatic carbocycles. The Balaban J connectivity index is 1.97. The van der Waals surface area contributed by atoms with Crippen molar-refractivity contribution < 1.29 is 4.42 Å². The first kappa shape index (κ1) is 15.1. The molecular formula is C16H22N4O. The van der Waals surface area contributed by atoms with Crippen molar-refractivity contribution in [1.29, 1.82) is 0 Å². The summed E-state index contributed by atoms with van der Waals surface area (Å²) in [6, 6.07) is 9.85. The summed E-state index contributed by atoms with van der Waals surface area (Å²) in [7, 11) is 1.75. The minimum Gasteiger partial charge on any atom is -0.444 e. The number of nitrogens with zero attached hydrogens (tertiary/aromatic N) is 2. The van der Waals surface area contributed by atoms with Crippen LogP contribution in [0, 0.1) is 0 Å². The smallest absolute Gasteiger partial charge is 0.226 e. The largest absolute Gasteiger partial charge is 0.444 e. The third-order valence-corrected chi connectivity index (χ3v) is 2.73. The predicted molar refractivity (Wildman–Crippen MR) is 85.0 cm³/mol. The van der Waals surface area contributed by atoms with Gasteiger partial charge in [0.05, 0.1) is 12.2 Å². The number of hydrogen-bond acceptors (Lipinski definition) is 3. The molecular weight excluding hydrogens is 264 g/mol. The first-order chi connectivity index (χ1) is 9.98. The fourth-order valence-electron chi connectivity index (χ4n) is 1.81. The van der Waals surface area contributed by atoms with E-state index >= 15 is 0 Å². The van der Waals surface area contributed by atoms with E-state index < -0.39 is 0 Å². The molecule has 0 saturated heterocycles. The van der Waals surface area contributed by atoms with Gasteiger partial charge in [0.2, 0.25) is 5.89 Å². The average Bonchev–Trinajstić information content (AvgIpc) is 2.92. The van der Waals surface area contributed by atoms with E-state index in [1.54, 1.807) is 13.3 Å². The van der Waals surface area contributed by atoms with Crippen LogP contribution in [-0.2, 0) is 6.54 Å². The Labute approximate surface area is 125 Å². The normalized spacial score (nSPS) is 12.3. The monoisotopic (exact) mass is 286 g/mol. The number of nitrogens with one attached hydrogen (secondary N) is 2. The molecule has 0 bridgehead atoms. The van der Waals surface area contributed by atoms with Crippen LogP contribution in [0.4, 0.5) is 0 Å². The summed E-state index contributed by atoms with van der Waals surface area (Å²) >= 11 is 0. The van der Waals surface area contributed by atoms with Gasteiger partial charge in [-0.15, -0.1) is 0 Å². The van der Waals surface area contributed by atoms with Gasteiger partial charge in [0.25, 0.3) is 0 Å². The fraction of sp³-hybridized carbons (Fsp3) is 0.375. The van der Waals surface area contributed by atoms with E-state index in [0.717, 1.165) is 17.2 Å². The van der Waals surface area contributed by atoms with E-state index in [4.69, 9.17) is 4.42 Å².